The smallest absolute Gasteiger partial charge is 0.307 e. The molecule has 102 valence electrons. The lowest BCUT2D eigenvalue weighted by atomic mass is 10.2. The highest BCUT2D eigenvalue weighted by atomic mass is 16.5. The molecule has 1 heterocycles. The van der Waals surface area contributed by atoms with Crippen LogP contribution in [-0.4, -0.2) is 24.3 Å². The lowest BCUT2D eigenvalue weighted by Crippen LogP contribution is -2.06. The van der Waals surface area contributed by atoms with E-state index < -0.39 is 0 Å². The first-order valence-corrected chi connectivity index (χ1v) is 6.53. The molecule has 4 heteroatoms. The molecule has 0 atom stereocenters. The highest BCUT2D eigenvalue weighted by Gasteiger charge is 2.05. The molecule has 19 heavy (non-hydrogen) atoms. The van der Waals surface area contributed by atoms with Crippen LogP contribution in [0.3, 0.4) is 0 Å². The number of benzene rings is 1. The zero-order chi connectivity index (χ0) is 13.7. The second-order valence-corrected chi connectivity index (χ2v) is 4.40. The second kappa shape index (κ2) is 6.27. The molecular weight excluding hydrogens is 242 g/mol. The van der Waals surface area contributed by atoms with E-state index in [1.807, 2.05) is 30.5 Å². The monoisotopic (exact) mass is 261 g/mol. The molecule has 0 saturated carbocycles. The number of rotatable bonds is 6. The number of carbonyl (C=O) groups excluding carboxylic acids is 1. The number of hydrogen-bond acceptors (Lipinski definition) is 3. The Kier molecular flexibility index (Phi) is 4.44. The first-order chi connectivity index (χ1) is 9.24. The number of ether oxygens (including phenoxy) is 2. The molecule has 0 radical (unpaired) electrons. The van der Waals surface area contributed by atoms with Crippen LogP contribution in [0.5, 0.6) is 5.75 Å². The molecule has 4 nitrogen and oxygen atoms in total. The fourth-order valence-electron chi connectivity index (χ4n) is 2.00. The maximum atomic E-state index is 11.2. The summed E-state index contributed by atoms with van der Waals surface area (Å²) in [5, 5.41) is 1.12. The van der Waals surface area contributed by atoms with Gasteiger partial charge in [-0.1, -0.05) is 6.92 Å². The summed E-state index contributed by atoms with van der Waals surface area (Å²) in [4.78, 5) is 11.2. The number of carbonyl (C=O) groups is 1. The Morgan fingerprint density at radius 2 is 2.16 bits per heavy atom. The van der Waals surface area contributed by atoms with Gasteiger partial charge in [-0.3, -0.25) is 4.79 Å². The van der Waals surface area contributed by atoms with Crippen LogP contribution in [0, 0.1) is 0 Å². The quantitative estimate of drug-likeness (QED) is 0.750. The Morgan fingerprint density at radius 3 is 2.89 bits per heavy atom. The lowest BCUT2D eigenvalue weighted by Gasteiger charge is -2.07. The molecule has 2 aromatic rings. The van der Waals surface area contributed by atoms with Gasteiger partial charge < -0.3 is 14.0 Å². The zero-order valence-corrected chi connectivity index (χ0v) is 11.4. The molecule has 0 aliphatic rings. The van der Waals surface area contributed by atoms with Crippen LogP contribution in [0.1, 0.15) is 19.8 Å². The van der Waals surface area contributed by atoms with E-state index in [9.17, 15) is 4.79 Å². The Balaban J connectivity index is 2.12. The largest absolute Gasteiger partial charge is 0.494 e. The molecule has 0 N–H and O–H groups in total. The summed E-state index contributed by atoms with van der Waals surface area (Å²) < 4.78 is 12.3. The average molecular weight is 261 g/mol. The van der Waals surface area contributed by atoms with Crippen molar-refractivity contribution in [1.82, 2.24) is 4.57 Å². The SMILES string of the molecule is CCCOc1ccc2c(ccn2CCC(=O)OC)c1. The predicted octanol–water partition coefficient (Wildman–Crippen LogP) is 2.99. The van der Waals surface area contributed by atoms with Gasteiger partial charge in [0.25, 0.3) is 0 Å². The van der Waals surface area contributed by atoms with E-state index in [-0.39, 0.29) is 5.97 Å². The number of aromatic nitrogens is 1. The fraction of sp³-hybridized carbons (Fsp3) is 0.400. The van der Waals surface area contributed by atoms with Crippen molar-refractivity contribution in [1.29, 1.82) is 0 Å². The minimum Gasteiger partial charge on any atom is -0.494 e. The van der Waals surface area contributed by atoms with Crippen LogP contribution in [-0.2, 0) is 16.1 Å². The Morgan fingerprint density at radius 1 is 1.32 bits per heavy atom. The van der Waals surface area contributed by atoms with Crippen molar-refractivity contribution in [2.24, 2.45) is 0 Å². The van der Waals surface area contributed by atoms with Gasteiger partial charge in [0, 0.05) is 23.6 Å². The fourth-order valence-corrected chi connectivity index (χ4v) is 2.00. The van der Waals surface area contributed by atoms with Crippen molar-refractivity contribution in [2.45, 2.75) is 26.3 Å². The van der Waals surface area contributed by atoms with E-state index in [2.05, 4.69) is 16.2 Å². The van der Waals surface area contributed by atoms with Gasteiger partial charge in [0.15, 0.2) is 0 Å². The minimum atomic E-state index is -0.190. The molecule has 2 rings (SSSR count). The predicted molar refractivity (Wildman–Crippen MR) is 74.4 cm³/mol. The van der Waals surface area contributed by atoms with Gasteiger partial charge in [-0.05, 0) is 30.7 Å². The number of esters is 1. The van der Waals surface area contributed by atoms with Crippen molar-refractivity contribution in [3.05, 3.63) is 30.5 Å². The van der Waals surface area contributed by atoms with Gasteiger partial charge in [-0.15, -0.1) is 0 Å². The molecular formula is C15H19NO3. The van der Waals surface area contributed by atoms with Gasteiger partial charge in [0.05, 0.1) is 20.1 Å². The molecule has 0 unspecified atom stereocenters. The molecule has 1 aromatic carbocycles. The number of fused-ring (bicyclic) bond motifs is 1. The second-order valence-electron chi connectivity index (χ2n) is 4.40. The molecule has 0 spiro atoms. The number of aryl methyl sites for hydroxylation is 1. The standard InChI is InChI=1S/C15H19NO3/c1-3-10-19-13-4-5-14-12(11-13)6-8-16(14)9-7-15(17)18-2/h4-6,8,11H,3,7,9-10H2,1-2H3. The first-order valence-electron chi connectivity index (χ1n) is 6.53. The van der Waals surface area contributed by atoms with Crippen LogP contribution in [0.25, 0.3) is 10.9 Å². The average Bonchev–Trinajstić information content (AvgIpc) is 2.84. The highest BCUT2D eigenvalue weighted by molar-refractivity contribution is 5.81. The third-order valence-electron chi connectivity index (χ3n) is 3.00. The van der Waals surface area contributed by atoms with Crippen LogP contribution in [0.2, 0.25) is 0 Å². The van der Waals surface area contributed by atoms with Gasteiger partial charge in [-0.2, -0.15) is 0 Å². The van der Waals surface area contributed by atoms with Crippen molar-refractivity contribution in [3.63, 3.8) is 0 Å². The molecule has 0 aliphatic carbocycles. The number of hydrogen-bond donors (Lipinski definition) is 0. The third kappa shape index (κ3) is 3.28. The Labute approximate surface area is 112 Å². The summed E-state index contributed by atoms with van der Waals surface area (Å²) in [6, 6.07) is 8.05. The highest BCUT2D eigenvalue weighted by Crippen LogP contribution is 2.22. The zero-order valence-electron chi connectivity index (χ0n) is 11.4. The van der Waals surface area contributed by atoms with Gasteiger partial charge >= 0.3 is 5.97 Å². The molecule has 1 aromatic heterocycles. The van der Waals surface area contributed by atoms with Gasteiger partial charge in [0.2, 0.25) is 0 Å². The number of nitrogens with zero attached hydrogens (tertiary/aromatic N) is 1. The van der Waals surface area contributed by atoms with Gasteiger partial charge in [-0.25, -0.2) is 0 Å². The van der Waals surface area contributed by atoms with Crippen LogP contribution in [0.15, 0.2) is 30.5 Å². The van der Waals surface area contributed by atoms with Crippen LogP contribution < -0.4 is 4.74 Å². The van der Waals surface area contributed by atoms with E-state index in [1.54, 1.807) is 0 Å². The molecule has 0 saturated heterocycles. The van der Waals surface area contributed by atoms with Crippen molar-refractivity contribution < 1.29 is 14.3 Å². The van der Waals surface area contributed by atoms with Crippen LogP contribution >= 0.6 is 0 Å². The van der Waals surface area contributed by atoms with E-state index in [0.29, 0.717) is 13.0 Å². The minimum absolute atomic E-state index is 0.190. The summed E-state index contributed by atoms with van der Waals surface area (Å²) >= 11 is 0. The maximum absolute atomic E-state index is 11.2. The Hall–Kier alpha value is -1.97. The first kappa shape index (κ1) is 13.5. The molecule has 0 amide bonds. The van der Waals surface area contributed by atoms with E-state index in [4.69, 9.17) is 4.74 Å². The van der Waals surface area contributed by atoms with Crippen molar-refractivity contribution in [2.75, 3.05) is 13.7 Å². The molecule has 0 fully saturated rings. The van der Waals surface area contributed by atoms with Crippen molar-refractivity contribution in [3.8, 4) is 5.75 Å². The maximum Gasteiger partial charge on any atom is 0.307 e. The molecule has 0 aliphatic heterocycles. The summed E-state index contributed by atoms with van der Waals surface area (Å²) in [5.41, 5.74) is 1.10. The van der Waals surface area contributed by atoms with Gasteiger partial charge in [0.1, 0.15) is 5.75 Å². The lowest BCUT2D eigenvalue weighted by molar-refractivity contribution is -0.140. The normalized spacial score (nSPS) is 10.6. The summed E-state index contributed by atoms with van der Waals surface area (Å²) in [5.74, 6) is 0.699. The van der Waals surface area contributed by atoms with E-state index >= 15 is 0 Å². The topological polar surface area (TPSA) is 40.5 Å². The molecule has 0 bridgehead atoms. The number of methoxy groups -OCH3 is 1. The summed E-state index contributed by atoms with van der Waals surface area (Å²) in [6.45, 7) is 3.45. The van der Waals surface area contributed by atoms with E-state index in [0.717, 1.165) is 29.7 Å². The van der Waals surface area contributed by atoms with Crippen LogP contribution in [0.4, 0.5) is 0 Å². The van der Waals surface area contributed by atoms with Crippen molar-refractivity contribution >= 4 is 16.9 Å². The summed E-state index contributed by atoms with van der Waals surface area (Å²) in [6.07, 6.45) is 3.36. The van der Waals surface area contributed by atoms with E-state index in [1.165, 1.54) is 7.11 Å². The summed E-state index contributed by atoms with van der Waals surface area (Å²) in [7, 11) is 1.41. The Bertz CT molecular complexity index is 560. The third-order valence-corrected chi connectivity index (χ3v) is 3.00.